The second-order valence-electron chi connectivity index (χ2n) is 8.95. The number of hydrogen-bond donors (Lipinski definition) is 0. The number of benzene rings is 2. The molecule has 4 aromatic rings. The Labute approximate surface area is 211 Å². The van der Waals surface area contributed by atoms with Gasteiger partial charge in [0.05, 0.1) is 10.9 Å². The van der Waals surface area contributed by atoms with Crippen molar-refractivity contribution in [1.82, 2.24) is 14.9 Å². The van der Waals surface area contributed by atoms with E-state index in [-0.39, 0.29) is 11.5 Å². The van der Waals surface area contributed by atoms with Gasteiger partial charge in [0.2, 0.25) is 0 Å². The fourth-order valence-electron chi connectivity index (χ4n) is 4.49. The number of halogens is 3. The van der Waals surface area contributed by atoms with E-state index in [4.69, 9.17) is 9.97 Å². The number of carbonyl (C=O) groups excluding carboxylic acids is 1. The van der Waals surface area contributed by atoms with Gasteiger partial charge < -0.3 is 9.80 Å². The van der Waals surface area contributed by atoms with Gasteiger partial charge in [-0.05, 0) is 43.2 Å². The normalized spacial score (nSPS) is 14.5. The SMILES string of the molecule is Cc1sc2nc(Cc3ccccc3)nc(N3CCN(C(=O)c4cccc(C(F)(F)F)c4)CC3)c2c1C. The van der Waals surface area contributed by atoms with Gasteiger partial charge in [-0.3, -0.25) is 4.79 Å². The first-order valence-electron chi connectivity index (χ1n) is 11.7. The van der Waals surface area contributed by atoms with E-state index in [0.717, 1.165) is 45.1 Å². The maximum absolute atomic E-state index is 13.1. The third kappa shape index (κ3) is 4.80. The van der Waals surface area contributed by atoms with Crippen LogP contribution in [0.5, 0.6) is 0 Å². The molecule has 0 saturated carbocycles. The number of nitrogens with zero attached hydrogens (tertiary/aromatic N) is 4. The highest BCUT2D eigenvalue weighted by molar-refractivity contribution is 7.18. The minimum Gasteiger partial charge on any atom is -0.352 e. The summed E-state index contributed by atoms with van der Waals surface area (Å²) in [6.07, 6.45) is -3.87. The molecule has 1 amide bonds. The number of alkyl halides is 3. The minimum atomic E-state index is -4.48. The fourth-order valence-corrected chi connectivity index (χ4v) is 5.53. The molecule has 0 radical (unpaired) electrons. The van der Waals surface area contributed by atoms with Crippen LogP contribution in [0.15, 0.2) is 54.6 Å². The molecule has 0 atom stereocenters. The number of rotatable bonds is 4. The van der Waals surface area contributed by atoms with Crippen LogP contribution in [0, 0.1) is 13.8 Å². The first-order valence-corrected chi connectivity index (χ1v) is 12.5. The van der Waals surface area contributed by atoms with E-state index in [1.807, 2.05) is 18.2 Å². The maximum atomic E-state index is 13.1. The van der Waals surface area contributed by atoms with Crippen LogP contribution in [0.2, 0.25) is 0 Å². The largest absolute Gasteiger partial charge is 0.416 e. The van der Waals surface area contributed by atoms with Crippen molar-refractivity contribution in [2.45, 2.75) is 26.4 Å². The molecule has 5 nitrogen and oxygen atoms in total. The van der Waals surface area contributed by atoms with E-state index in [9.17, 15) is 18.0 Å². The summed E-state index contributed by atoms with van der Waals surface area (Å²) in [6.45, 7) is 6.03. The average Bonchev–Trinajstić information content (AvgIpc) is 3.16. The zero-order chi connectivity index (χ0) is 25.4. The number of piperazine rings is 1. The molecule has 1 saturated heterocycles. The van der Waals surface area contributed by atoms with Crippen molar-refractivity contribution < 1.29 is 18.0 Å². The standard InChI is InChI=1S/C27H25F3N4OS/c1-17-18(2)36-25-23(17)24(31-22(32-25)15-19-7-4-3-5-8-19)33-11-13-34(14-12-33)26(35)20-9-6-10-21(16-20)27(28,29)30/h3-10,16H,11-15H2,1-2H3. The van der Waals surface area contributed by atoms with Crippen LogP contribution in [0.1, 0.15) is 37.7 Å². The predicted octanol–water partition coefficient (Wildman–Crippen LogP) is 5.88. The summed E-state index contributed by atoms with van der Waals surface area (Å²) in [5.41, 5.74) is 1.52. The lowest BCUT2D eigenvalue weighted by Gasteiger charge is -2.36. The molecular formula is C27H25F3N4OS. The predicted molar refractivity (Wildman–Crippen MR) is 136 cm³/mol. The van der Waals surface area contributed by atoms with Crippen LogP contribution >= 0.6 is 11.3 Å². The summed E-state index contributed by atoms with van der Waals surface area (Å²) in [5.74, 6) is 1.22. The highest BCUT2D eigenvalue weighted by atomic mass is 32.1. The Balaban J connectivity index is 1.39. The van der Waals surface area contributed by atoms with Crippen LogP contribution < -0.4 is 4.90 Å². The van der Waals surface area contributed by atoms with Crippen molar-refractivity contribution in [2.24, 2.45) is 0 Å². The molecule has 0 N–H and O–H groups in total. The van der Waals surface area contributed by atoms with Gasteiger partial charge in [-0.25, -0.2) is 9.97 Å². The Morgan fingerprint density at radius 1 is 0.972 bits per heavy atom. The summed E-state index contributed by atoms with van der Waals surface area (Å²) in [7, 11) is 0. The van der Waals surface area contributed by atoms with Crippen LogP contribution in [0.25, 0.3) is 10.2 Å². The number of amides is 1. The molecule has 0 aliphatic carbocycles. The number of thiophene rings is 1. The van der Waals surface area contributed by atoms with Gasteiger partial charge in [-0.1, -0.05) is 36.4 Å². The van der Waals surface area contributed by atoms with E-state index < -0.39 is 11.7 Å². The van der Waals surface area contributed by atoms with Gasteiger partial charge in [-0.2, -0.15) is 13.2 Å². The van der Waals surface area contributed by atoms with Crippen LogP contribution in [0.4, 0.5) is 19.0 Å². The van der Waals surface area contributed by atoms with Crippen molar-refractivity contribution >= 4 is 33.3 Å². The number of carbonyl (C=O) groups is 1. The van der Waals surface area contributed by atoms with E-state index in [1.54, 1.807) is 16.2 Å². The summed E-state index contributed by atoms with van der Waals surface area (Å²) in [6, 6.07) is 14.7. The van der Waals surface area contributed by atoms with Crippen molar-refractivity contribution in [1.29, 1.82) is 0 Å². The molecule has 3 heterocycles. The highest BCUT2D eigenvalue weighted by Crippen LogP contribution is 2.36. The highest BCUT2D eigenvalue weighted by Gasteiger charge is 2.32. The minimum absolute atomic E-state index is 0.0529. The molecule has 0 bridgehead atoms. The van der Waals surface area contributed by atoms with Gasteiger partial charge in [0.1, 0.15) is 16.5 Å². The second-order valence-corrected chi connectivity index (χ2v) is 10.2. The lowest BCUT2D eigenvalue weighted by Crippen LogP contribution is -2.49. The van der Waals surface area contributed by atoms with Gasteiger partial charge in [-0.15, -0.1) is 11.3 Å². The van der Waals surface area contributed by atoms with E-state index in [0.29, 0.717) is 32.6 Å². The van der Waals surface area contributed by atoms with Gasteiger partial charge >= 0.3 is 6.18 Å². The lowest BCUT2D eigenvalue weighted by molar-refractivity contribution is -0.137. The summed E-state index contributed by atoms with van der Waals surface area (Å²) < 4.78 is 39.3. The molecule has 186 valence electrons. The monoisotopic (exact) mass is 510 g/mol. The molecule has 0 unspecified atom stereocenters. The van der Waals surface area contributed by atoms with Crippen molar-refractivity contribution in [3.05, 3.63) is 87.6 Å². The Morgan fingerprint density at radius 3 is 2.39 bits per heavy atom. The fraction of sp³-hybridized carbons (Fsp3) is 0.296. The van der Waals surface area contributed by atoms with Gasteiger partial charge in [0.15, 0.2) is 0 Å². The zero-order valence-corrected chi connectivity index (χ0v) is 20.8. The van der Waals surface area contributed by atoms with Crippen LogP contribution in [0.3, 0.4) is 0 Å². The van der Waals surface area contributed by atoms with E-state index >= 15 is 0 Å². The summed E-state index contributed by atoms with van der Waals surface area (Å²) in [4.78, 5) is 28.7. The summed E-state index contributed by atoms with van der Waals surface area (Å²) >= 11 is 1.65. The Kier molecular flexibility index (Phi) is 6.42. The van der Waals surface area contributed by atoms with E-state index in [2.05, 4.69) is 30.9 Å². The first kappa shape index (κ1) is 24.2. The van der Waals surface area contributed by atoms with Gasteiger partial charge in [0.25, 0.3) is 5.91 Å². The van der Waals surface area contributed by atoms with Crippen molar-refractivity contribution in [3.63, 3.8) is 0 Å². The smallest absolute Gasteiger partial charge is 0.352 e. The van der Waals surface area contributed by atoms with Crippen molar-refractivity contribution in [2.75, 3.05) is 31.1 Å². The lowest BCUT2D eigenvalue weighted by atomic mass is 10.1. The zero-order valence-electron chi connectivity index (χ0n) is 20.0. The Morgan fingerprint density at radius 2 is 1.69 bits per heavy atom. The molecule has 1 aliphatic rings. The quantitative estimate of drug-likeness (QED) is 0.344. The van der Waals surface area contributed by atoms with Crippen molar-refractivity contribution in [3.8, 4) is 0 Å². The molecule has 1 aliphatic heterocycles. The molecule has 5 rings (SSSR count). The van der Waals surface area contributed by atoms with Crippen LogP contribution in [-0.4, -0.2) is 47.0 Å². The van der Waals surface area contributed by atoms with Gasteiger partial charge in [0, 0.05) is 43.0 Å². The Hall–Kier alpha value is -3.46. The van der Waals surface area contributed by atoms with Crippen LogP contribution in [-0.2, 0) is 12.6 Å². The molecular weight excluding hydrogens is 485 g/mol. The first-order chi connectivity index (χ1) is 17.2. The third-order valence-electron chi connectivity index (χ3n) is 6.56. The molecule has 36 heavy (non-hydrogen) atoms. The number of fused-ring (bicyclic) bond motifs is 1. The number of aryl methyl sites for hydroxylation is 2. The topological polar surface area (TPSA) is 49.3 Å². The summed E-state index contributed by atoms with van der Waals surface area (Å²) in [5, 5.41) is 1.03. The maximum Gasteiger partial charge on any atom is 0.416 e. The molecule has 2 aromatic carbocycles. The van der Waals surface area contributed by atoms with E-state index in [1.165, 1.54) is 17.0 Å². The average molecular weight is 511 g/mol. The molecule has 9 heteroatoms. The second kappa shape index (κ2) is 9.54. The third-order valence-corrected chi connectivity index (χ3v) is 7.67. The number of aromatic nitrogens is 2. The molecule has 0 spiro atoms. The molecule has 1 fully saturated rings. The number of anilines is 1. The molecule has 2 aromatic heterocycles. The Bertz CT molecular complexity index is 1410. The number of hydrogen-bond acceptors (Lipinski definition) is 5.